The quantitative estimate of drug-likeness (QED) is 0.898. The highest BCUT2D eigenvalue weighted by Gasteiger charge is 2.34. The zero-order valence-electron chi connectivity index (χ0n) is 15.5. The molecule has 0 aromatic carbocycles. The molecule has 3 rings (SSSR count). The molecule has 0 amide bonds. The third-order valence-electron chi connectivity index (χ3n) is 4.82. The van der Waals surface area contributed by atoms with Crippen molar-refractivity contribution in [2.24, 2.45) is 7.05 Å². The van der Waals surface area contributed by atoms with E-state index in [0.717, 1.165) is 48.1 Å². The van der Waals surface area contributed by atoms with E-state index in [9.17, 15) is 0 Å². The Morgan fingerprint density at radius 2 is 2.04 bits per heavy atom. The molecule has 0 unspecified atom stereocenters. The van der Waals surface area contributed by atoms with Crippen LogP contribution in [0.15, 0.2) is 6.07 Å². The van der Waals surface area contributed by atoms with Crippen LogP contribution in [0, 0.1) is 25.2 Å². The maximum absolute atomic E-state index is 9.14. The SMILES string of the molecule is Cc1cc(NC2CC(c3nnc(CN(C)C)n3C)C2)nc(C)c1C#N. The van der Waals surface area contributed by atoms with Gasteiger partial charge in [-0.25, -0.2) is 4.98 Å². The third kappa shape index (κ3) is 3.49. The second-order valence-electron chi connectivity index (χ2n) is 7.18. The van der Waals surface area contributed by atoms with Crippen LogP contribution in [0.1, 0.15) is 47.2 Å². The zero-order chi connectivity index (χ0) is 18.1. The number of anilines is 1. The van der Waals surface area contributed by atoms with Gasteiger partial charge in [0.2, 0.25) is 0 Å². The molecular formula is C18H25N7. The molecule has 1 N–H and O–H groups in total. The number of hydrogen-bond donors (Lipinski definition) is 1. The molecule has 2 aromatic heterocycles. The van der Waals surface area contributed by atoms with Gasteiger partial charge in [-0.1, -0.05) is 0 Å². The largest absolute Gasteiger partial charge is 0.367 e. The normalized spacial score (nSPS) is 19.6. The van der Waals surface area contributed by atoms with Gasteiger partial charge >= 0.3 is 0 Å². The summed E-state index contributed by atoms with van der Waals surface area (Å²) >= 11 is 0. The fourth-order valence-corrected chi connectivity index (χ4v) is 3.38. The van der Waals surface area contributed by atoms with Crippen molar-refractivity contribution in [3.63, 3.8) is 0 Å². The van der Waals surface area contributed by atoms with Gasteiger partial charge in [-0.05, 0) is 52.4 Å². The first-order valence-electron chi connectivity index (χ1n) is 8.56. The number of pyridine rings is 1. The van der Waals surface area contributed by atoms with Crippen LogP contribution in [0.25, 0.3) is 0 Å². The number of aryl methyl sites for hydroxylation is 2. The second kappa shape index (κ2) is 6.81. The summed E-state index contributed by atoms with van der Waals surface area (Å²) in [6, 6.07) is 4.55. The summed E-state index contributed by atoms with van der Waals surface area (Å²) in [6.45, 7) is 4.63. The van der Waals surface area contributed by atoms with Crippen LogP contribution < -0.4 is 5.32 Å². The molecule has 2 heterocycles. The summed E-state index contributed by atoms with van der Waals surface area (Å²) in [4.78, 5) is 6.60. The lowest BCUT2D eigenvalue weighted by atomic mass is 9.79. The van der Waals surface area contributed by atoms with E-state index < -0.39 is 0 Å². The minimum Gasteiger partial charge on any atom is -0.367 e. The van der Waals surface area contributed by atoms with Gasteiger partial charge < -0.3 is 14.8 Å². The first-order chi connectivity index (χ1) is 11.9. The van der Waals surface area contributed by atoms with E-state index in [4.69, 9.17) is 5.26 Å². The van der Waals surface area contributed by atoms with Gasteiger partial charge in [-0.2, -0.15) is 5.26 Å². The summed E-state index contributed by atoms with van der Waals surface area (Å²) in [5.74, 6) is 3.35. The molecule has 0 aliphatic heterocycles. The third-order valence-corrected chi connectivity index (χ3v) is 4.82. The molecule has 7 nitrogen and oxygen atoms in total. The van der Waals surface area contributed by atoms with Crippen molar-refractivity contribution in [3.8, 4) is 6.07 Å². The van der Waals surface area contributed by atoms with Gasteiger partial charge in [-0.15, -0.1) is 10.2 Å². The second-order valence-corrected chi connectivity index (χ2v) is 7.18. The number of aromatic nitrogens is 4. The lowest BCUT2D eigenvalue weighted by Crippen LogP contribution is -2.35. The molecule has 1 aliphatic rings. The Balaban J connectivity index is 1.62. The Morgan fingerprint density at radius 1 is 1.32 bits per heavy atom. The van der Waals surface area contributed by atoms with Gasteiger partial charge in [0.1, 0.15) is 23.5 Å². The van der Waals surface area contributed by atoms with Crippen LogP contribution in [0.3, 0.4) is 0 Å². The van der Waals surface area contributed by atoms with Gasteiger partial charge in [-0.3, -0.25) is 0 Å². The molecule has 0 bridgehead atoms. The van der Waals surface area contributed by atoms with Gasteiger partial charge in [0.15, 0.2) is 0 Å². The molecule has 2 aromatic rings. The van der Waals surface area contributed by atoms with E-state index in [0.29, 0.717) is 17.5 Å². The minimum atomic E-state index is 0.387. The van der Waals surface area contributed by atoms with Crippen molar-refractivity contribution in [3.05, 3.63) is 34.5 Å². The van der Waals surface area contributed by atoms with Gasteiger partial charge in [0, 0.05) is 19.0 Å². The van der Waals surface area contributed by atoms with Crippen LogP contribution in [0.2, 0.25) is 0 Å². The highest BCUT2D eigenvalue weighted by Crippen LogP contribution is 2.37. The average molecular weight is 339 g/mol. The maximum Gasteiger partial charge on any atom is 0.146 e. The lowest BCUT2D eigenvalue weighted by molar-refractivity contribution is 0.347. The van der Waals surface area contributed by atoms with E-state index >= 15 is 0 Å². The number of rotatable bonds is 5. The van der Waals surface area contributed by atoms with Crippen LogP contribution in [0.4, 0.5) is 5.82 Å². The zero-order valence-corrected chi connectivity index (χ0v) is 15.5. The minimum absolute atomic E-state index is 0.387. The molecule has 0 saturated heterocycles. The summed E-state index contributed by atoms with van der Waals surface area (Å²) in [7, 11) is 6.11. The topological polar surface area (TPSA) is 82.7 Å². The number of hydrogen-bond acceptors (Lipinski definition) is 6. The molecule has 0 atom stereocenters. The molecule has 1 saturated carbocycles. The van der Waals surface area contributed by atoms with E-state index in [1.807, 2.05) is 41.1 Å². The van der Waals surface area contributed by atoms with Crippen molar-refractivity contribution in [1.29, 1.82) is 5.26 Å². The average Bonchev–Trinajstić information content (AvgIpc) is 2.83. The number of nitrogens with zero attached hydrogens (tertiary/aromatic N) is 6. The Bertz CT molecular complexity index is 786. The Morgan fingerprint density at radius 3 is 2.64 bits per heavy atom. The molecule has 132 valence electrons. The molecule has 1 fully saturated rings. The highest BCUT2D eigenvalue weighted by atomic mass is 15.3. The van der Waals surface area contributed by atoms with E-state index in [2.05, 4.69) is 36.0 Å². The fourth-order valence-electron chi connectivity index (χ4n) is 3.38. The van der Waals surface area contributed by atoms with Crippen LogP contribution >= 0.6 is 0 Å². The van der Waals surface area contributed by atoms with Crippen molar-refractivity contribution in [2.45, 2.75) is 45.2 Å². The predicted molar refractivity (Wildman–Crippen MR) is 96.2 cm³/mol. The van der Waals surface area contributed by atoms with Crippen molar-refractivity contribution < 1.29 is 0 Å². The van der Waals surface area contributed by atoms with Crippen molar-refractivity contribution in [1.82, 2.24) is 24.6 Å². The van der Waals surface area contributed by atoms with Crippen LogP contribution in [-0.2, 0) is 13.6 Å². The summed E-state index contributed by atoms with van der Waals surface area (Å²) in [5.41, 5.74) is 2.42. The van der Waals surface area contributed by atoms with Gasteiger partial charge in [0.25, 0.3) is 0 Å². The van der Waals surface area contributed by atoms with Crippen molar-refractivity contribution >= 4 is 5.82 Å². The molecule has 0 radical (unpaired) electrons. The number of nitriles is 1. The molecule has 1 aliphatic carbocycles. The van der Waals surface area contributed by atoms with Crippen LogP contribution in [-0.4, -0.2) is 44.8 Å². The summed E-state index contributed by atoms with van der Waals surface area (Å²) in [6.07, 6.45) is 2.04. The van der Waals surface area contributed by atoms with Crippen molar-refractivity contribution in [2.75, 3.05) is 19.4 Å². The first-order valence-corrected chi connectivity index (χ1v) is 8.56. The monoisotopic (exact) mass is 339 g/mol. The molecular weight excluding hydrogens is 314 g/mol. The molecule has 25 heavy (non-hydrogen) atoms. The standard InChI is InChI=1S/C18H25N7/c1-11-6-16(20-12(2)15(11)9-19)21-14-7-13(8-14)18-23-22-17(25(18)5)10-24(3)4/h6,13-14H,7-8,10H2,1-5H3,(H,20,21). The van der Waals surface area contributed by atoms with E-state index in [1.165, 1.54) is 0 Å². The van der Waals surface area contributed by atoms with Gasteiger partial charge in [0.05, 0.1) is 17.8 Å². The molecule has 0 spiro atoms. The Hall–Kier alpha value is -2.46. The summed E-state index contributed by atoms with van der Waals surface area (Å²) in [5, 5.41) is 21.3. The summed E-state index contributed by atoms with van der Waals surface area (Å²) < 4.78 is 2.12. The maximum atomic E-state index is 9.14. The predicted octanol–water partition coefficient (Wildman–Crippen LogP) is 2.12. The Kier molecular flexibility index (Phi) is 4.73. The van der Waals surface area contributed by atoms with E-state index in [1.54, 1.807) is 0 Å². The highest BCUT2D eigenvalue weighted by molar-refractivity contribution is 5.49. The van der Waals surface area contributed by atoms with E-state index in [-0.39, 0.29) is 0 Å². The fraction of sp³-hybridized carbons (Fsp3) is 0.556. The van der Waals surface area contributed by atoms with Crippen LogP contribution in [0.5, 0.6) is 0 Å². The Labute approximate surface area is 148 Å². The smallest absolute Gasteiger partial charge is 0.146 e. The molecule has 7 heteroatoms. The lowest BCUT2D eigenvalue weighted by Gasteiger charge is -2.35. The first kappa shape index (κ1) is 17.4. The number of nitrogens with one attached hydrogen (secondary N) is 1.